The maximum atomic E-state index is 12.6. The van der Waals surface area contributed by atoms with E-state index in [-0.39, 0.29) is 32.8 Å². The smallest absolute Gasteiger partial charge is 1.00 e. The SMILES string of the molecule is CC(=O)N(c1ccccc1)c1nc(C[P+](c2ccccc2)(c2ccccc2)c2ccccc2)c[se]1.[Cl-]. The third-order valence-corrected chi connectivity index (χ3v) is 12.2. The molecule has 0 aliphatic heterocycles. The number of nitrogens with zero attached hydrogens (tertiary/aromatic N) is 2. The number of carbonyl (C=O) groups excluding carboxylic acids is 1. The molecule has 0 atom stereocenters. The van der Waals surface area contributed by atoms with Gasteiger partial charge in [0.1, 0.15) is 0 Å². The Morgan fingerprint density at radius 3 is 1.56 bits per heavy atom. The summed E-state index contributed by atoms with van der Waals surface area (Å²) in [7, 11) is -2.02. The summed E-state index contributed by atoms with van der Waals surface area (Å²) in [6.07, 6.45) is 0.816. The molecule has 0 aliphatic rings. The molecule has 0 radical (unpaired) electrons. The topological polar surface area (TPSA) is 33.2 Å². The number of rotatable bonds is 7. The Balaban J connectivity index is 0.00000304. The summed E-state index contributed by atoms with van der Waals surface area (Å²) in [6.45, 7) is 1.61. The van der Waals surface area contributed by atoms with Crippen molar-refractivity contribution in [3.8, 4) is 0 Å². The number of anilines is 2. The monoisotopic (exact) mass is 576 g/mol. The number of halogens is 1. The van der Waals surface area contributed by atoms with Gasteiger partial charge in [0.05, 0.1) is 0 Å². The van der Waals surface area contributed by atoms with Crippen molar-refractivity contribution in [1.29, 1.82) is 0 Å². The second kappa shape index (κ2) is 11.8. The normalized spacial score (nSPS) is 10.9. The van der Waals surface area contributed by atoms with Crippen molar-refractivity contribution < 1.29 is 17.2 Å². The molecule has 5 rings (SSSR count). The first-order valence-corrected chi connectivity index (χ1v) is 15.4. The minimum atomic E-state index is -2.02. The zero-order chi connectivity index (χ0) is 24.1. The van der Waals surface area contributed by atoms with E-state index < -0.39 is 7.26 Å². The van der Waals surface area contributed by atoms with Gasteiger partial charge in [0.25, 0.3) is 0 Å². The van der Waals surface area contributed by atoms with Crippen molar-refractivity contribution in [2.24, 2.45) is 0 Å². The average Bonchev–Trinajstić information content (AvgIpc) is 3.37. The summed E-state index contributed by atoms with van der Waals surface area (Å²) >= 11 is -0.0173. The summed E-state index contributed by atoms with van der Waals surface area (Å²) in [6, 6.07) is 42.3. The van der Waals surface area contributed by atoms with E-state index in [0.717, 1.165) is 22.2 Å². The number of para-hydroxylation sites is 1. The van der Waals surface area contributed by atoms with Gasteiger partial charge in [0.15, 0.2) is 0 Å². The molecule has 180 valence electrons. The van der Waals surface area contributed by atoms with Crippen molar-refractivity contribution in [2.75, 3.05) is 4.90 Å². The predicted molar refractivity (Wildman–Crippen MR) is 149 cm³/mol. The quantitative estimate of drug-likeness (QED) is 0.221. The van der Waals surface area contributed by atoms with E-state index >= 15 is 0 Å². The molecular formula is C30H26ClN2OPSe. The van der Waals surface area contributed by atoms with Crippen LogP contribution < -0.4 is 33.2 Å². The minimum absolute atomic E-state index is 0. The molecule has 4 aromatic carbocycles. The molecule has 1 amide bonds. The summed E-state index contributed by atoms with van der Waals surface area (Å²) < 4.78 is 0.846. The Morgan fingerprint density at radius 2 is 1.14 bits per heavy atom. The second-order valence-electron chi connectivity index (χ2n) is 8.29. The van der Waals surface area contributed by atoms with E-state index in [9.17, 15) is 4.79 Å². The number of aromatic nitrogens is 1. The molecule has 0 saturated carbocycles. The van der Waals surface area contributed by atoms with Crippen molar-refractivity contribution in [3.63, 3.8) is 0 Å². The summed E-state index contributed by atoms with van der Waals surface area (Å²) in [4.78, 5) is 21.7. The fourth-order valence-electron chi connectivity index (χ4n) is 4.49. The first-order chi connectivity index (χ1) is 17.2. The zero-order valence-corrected chi connectivity index (χ0v) is 23.2. The van der Waals surface area contributed by atoms with Crippen LogP contribution in [-0.4, -0.2) is 25.4 Å². The maximum Gasteiger partial charge on any atom is -1.00 e. The summed E-state index contributed by atoms with van der Waals surface area (Å²) in [5.41, 5.74) is 1.93. The molecule has 36 heavy (non-hydrogen) atoms. The van der Waals surface area contributed by atoms with Gasteiger partial charge in [-0.25, -0.2) is 0 Å². The number of amides is 1. The van der Waals surface area contributed by atoms with Crippen molar-refractivity contribution in [1.82, 2.24) is 4.98 Å². The molecule has 0 fully saturated rings. The summed E-state index contributed by atoms with van der Waals surface area (Å²) in [5.74, 6) is -0.0123. The van der Waals surface area contributed by atoms with Crippen molar-refractivity contribution >= 4 is 54.0 Å². The zero-order valence-electron chi connectivity index (χ0n) is 19.9. The first kappa shape index (κ1) is 26.1. The molecule has 3 nitrogen and oxygen atoms in total. The van der Waals surface area contributed by atoms with Gasteiger partial charge in [-0.3, -0.25) is 0 Å². The van der Waals surface area contributed by atoms with Crippen LogP contribution in [0.3, 0.4) is 0 Å². The molecule has 0 spiro atoms. The predicted octanol–water partition coefficient (Wildman–Crippen LogP) is 2.32. The van der Waals surface area contributed by atoms with Gasteiger partial charge in [0.2, 0.25) is 0 Å². The Bertz CT molecular complexity index is 1300. The minimum Gasteiger partial charge on any atom is -1.00 e. The van der Waals surface area contributed by atoms with Crippen LogP contribution in [-0.2, 0) is 11.0 Å². The molecule has 6 heteroatoms. The average molecular weight is 576 g/mol. The van der Waals surface area contributed by atoms with E-state index in [2.05, 4.69) is 95.9 Å². The van der Waals surface area contributed by atoms with Crippen LogP contribution in [0.4, 0.5) is 10.4 Å². The molecule has 0 saturated heterocycles. The molecule has 1 aromatic heterocycles. The van der Waals surface area contributed by atoms with Crippen LogP contribution >= 0.6 is 7.26 Å². The number of hydrogen-bond donors (Lipinski definition) is 0. The molecular weight excluding hydrogens is 550 g/mol. The van der Waals surface area contributed by atoms with E-state index in [0.29, 0.717) is 0 Å². The van der Waals surface area contributed by atoms with Gasteiger partial charge in [-0.05, 0) is 0 Å². The molecule has 1 heterocycles. The Labute approximate surface area is 225 Å². The number of hydrogen-bond acceptors (Lipinski definition) is 2. The van der Waals surface area contributed by atoms with Gasteiger partial charge in [-0.15, -0.1) is 0 Å². The third-order valence-electron chi connectivity index (χ3n) is 6.05. The van der Waals surface area contributed by atoms with Gasteiger partial charge in [0, 0.05) is 0 Å². The standard InChI is InChI=1S/C30H26N2OPSe.ClH/c1-24(33)32(26-14-6-2-7-15-26)30-31-25(23-35-30)22-34(27-16-8-3-9-17-27,28-18-10-4-11-19-28)29-20-12-5-13-21-29;/h2-21,23H,22H2,1H3;1H/q+1;/p-1. The van der Waals surface area contributed by atoms with Gasteiger partial charge in [-0.2, -0.15) is 0 Å². The largest absolute Gasteiger partial charge is 1.00 e. The van der Waals surface area contributed by atoms with Crippen LogP contribution in [0, 0.1) is 0 Å². The van der Waals surface area contributed by atoms with Crippen LogP contribution in [0.5, 0.6) is 0 Å². The number of carbonyl (C=O) groups is 1. The molecule has 0 bridgehead atoms. The Morgan fingerprint density at radius 1 is 0.722 bits per heavy atom. The molecule has 0 unspecified atom stereocenters. The fourth-order valence-corrected chi connectivity index (χ4v) is 10.8. The van der Waals surface area contributed by atoms with Crippen molar-refractivity contribution in [2.45, 2.75) is 13.1 Å². The Hall–Kier alpha value is -3.00. The van der Waals surface area contributed by atoms with Crippen LogP contribution in [0.15, 0.2) is 126 Å². The Kier molecular flexibility index (Phi) is 8.56. The van der Waals surface area contributed by atoms with E-state index in [1.54, 1.807) is 11.8 Å². The van der Waals surface area contributed by atoms with E-state index in [1.165, 1.54) is 15.9 Å². The molecule has 0 aliphatic carbocycles. The number of benzene rings is 4. The van der Waals surface area contributed by atoms with Crippen LogP contribution in [0.1, 0.15) is 12.6 Å². The second-order valence-corrected chi connectivity index (χ2v) is 13.5. The van der Waals surface area contributed by atoms with Gasteiger partial charge < -0.3 is 12.4 Å². The van der Waals surface area contributed by atoms with Gasteiger partial charge in [-0.1, -0.05) is 0 Å². The fraction of sp³-hybridized carbons (Fsp3) is 0.0667. The summed E-state index contributed by atoms with van der Waals surface area (Å²) in [5, 5.41) is 4.00. The maximum absolute atomic E-state index is 12.6. The molecule has 0 N–H and O–H groups in total. The van der Waals surface area contributed by atoms with Crippen LogP contribution in [0.25, 0.3) is 0 Å². The van der Waals surface area contributed by atoms with Crippen molar-refractivity contribution in [3.05, 3.63) is 132 Å². The van der Waals surface area contributed by atoms with E-state index in [4.69, 9.17) is 4.98 Å². The molecule has 5 aromatic rings. The van der Waals surface area contributed by atoms with Crippen LogP contribution in [0.2, 0.25) is 0 Å². The van der Waals surface area contributed by atoms with E-state index in [1.807, 2.05) is 30.3 Å². The first-order valence-electron chi connectivity index (χ1n) is 11.5. The van der Waals surface area contributed by atoms with Gasteiger partial charge >= 0.3 is 214 Å². The third kappa shape index (κ3) is 5.24.